The summed E-state index contributed by atoms with van der Waals surface area (Å²) in [5, 5.41) is 0. The molecule has 3 heteroatoms. The van der Waals surface area contributed by atoms with Gasteiger partial charge in [0, 0.05) is 13.1 Å². The van der Waals surface area contributed by atoms with Crippen LogP contribution in [0.15, 0.2) is 30.3 Å². The largest absolute Gasteiger partial charge is 0.372 e. The van der Waals surface area contributed by atoms with Crippen molar-refractivity contribution in [3.8, 4) is 0 Å². The molecule has 0 amide bonds. The summed E-state index contributed by atoms with van der Waals surface area (Å²) < 4.78 is 5.94. The van der Waals surface area contributed by atoms with Crippen LogP contribution in [0.1, 0.15) is 18.4 Å². The van der Waals surface area contributed by atoms with E-state index < -0.39 is 0 Å². The number of ether oxygens (including phenoxy) is 1. The van der Waals surface area contributed by atoms with Crippen molar-refractivity contribution in [3.63, 3.8) is 0 Å². The molecule has 0 radical (unpaired) electrons. The Morgan fingerprint density at radius 1 is 1.29 bits per heavy atom. The molecule has 1 aromatic carbocycles. The van der Waals surface area contributed by atoms with Gasteiger partial charge < -0.3 is 9.64 Å². The first-order valence-electron chi connectivity index (χ1n) is 6.37. The lowest BCUT2D eigenvalue weighted by molar-refractivity contribution is 0.0467. The Hall–Kier alpha value is -0.510. The molecule has 1 fully saturated rings. The summed E-state index contributed by atoms with van der Waals surface area (Å²) in [6.45, 7) is 4.16. The Kier molecular flexibility index (Phi) is 5.36. The smallest absolute Gasteiger partial charge is 0.0721 e. The highest BCUT2D eigenvalue weighted by Crippen LogP contribution is 2.15. The third-order valence-corrected chi connectivity index (χ3v) is 3.51. The van der Waals surface area contributed by atoms with Gasteiger partial charge in [0.2, 0.25) is 0 Å². The van der Waals surface area contributed by atoms with E-state index >= 15 is 0 Å². The summed E-state index contributed by atoms with van der Waals surface area (Å²) in [7, 11) is 0. The summed E-state index contributed by atoms with van der Waals surface area (Å²) in [4.78, 5) is 2.48. The van der Waals surface area contributed by atoms with Gasteiger partial charge in [-0.15, -0.1) is 0 Å². The Morgan fingerprint density at radius 2 is 2.12 bits per heavy atom. The lowest BCUT2D eigenvalue weighted by Crippen LogP contribution is -2.24. The first-order chi connectivity index (χ1) is 8.38. The van der Waals surface area contributed by atoms with Crippen LogP contribution in [-0.2, 0) is 11.3 Å². The Labute approximate surface area is 109 Å². The third kappa shape index (κ3) is 4.34. The number of rotatable bonds is 6. The summed E-state index contributed by atoms with van der Waals surface area (Å²) in [6, 6.07) is 10.4. The molecule has 0 aliphatic carbocycles. The van der Waals surface area contributed by atoms with Crippen molar-refractivity contribution in [2.24, 2.45) is 0 Å². The second-order valence-corrected chi connectivity index (χ2v) is 5.03. The topological polar surface area (TPSA) is 12.5 Å². The van der Waals surface area contributed by atoms with Crippen molar-refractivity contribution < 1.29 is 4.74 Å². The molecule has 0 bridgehead atoms. The number of benzene rings is 1. The van der Waals surface area contributed by atoms with Crippen LogP contribution in [0.3, 0.4) is 0 Å². The van der Waals surface area contributed by atoms with Gasteiger partial charge in [-0.2, -0.15) is 12.6 Å². The molecular formula is C14H21NOS. The third-order valence-electron chi connectivity index (χ3n) is 3.19. The van der Waals surface area contributed by atoms with E-state index in [0.29, 0.717) is 6.10 Å². The van der Waals surface area contributed by atoms with Gasteiger partial charge in [-0.1, -0.05) is 30.3 Å². The van der Waals surface area contributed by atoms with Crippen molar-refractivity contribution >= 4 is 12.6 Å². The maximum absolute atomic E-state index is 5.94. The molecule has 0 saturated carbocycles. The van der Waals surface area contributed by atoms with E-state index in [4.69, 9.17) is 4.74 Å². The highest BCUT2D eigenvalue weighted by Gasteiger charge is 2.22. The number of nitrogens with zero attached hydrogens (tertiary/aromatic N) is 1. The minimum atomic E-state index is 0.412. The Morgan fingerprint density at radius 3 is 2.88 bits per heavy atom. The minimum absolute atomic E-state index is 0.412. The van der Waals surface area contributed by atoms with E-state index in [2.05, 4.69) is 41.8 Å². The first kappa shape index (κ1) is 12.9. The lowest BCUT2D eigenvalue weighted by atomic mass is 10.2. The van der Waals surface area contributed by atoms with Gasteiger partial charge in [-0.3, -0.25) is 0 Å². The summed E-state index contributed by atoms with van der Waals surface area (Å²) in [5.74, 6) is 0.978. The van der Waals surface area contributed by atoms with Gasteiger partial charge in [0.15, 0.2) is 0 Å². The second kappa shape index (κ2) is 7.04. The lowest BCUT2D eigenvalue weighted by Gasteiger charge is -2.15. The number of hydrogen-bond donors (Lipinski definition) is 1. The number of thiol groups is 1. The van der Waals surface area contributed by atoms with Crippen molar-refractivity contribution in [1.82, 2.24) is 4.90 Å². The van der Waals surface area contributed by atoms with E-state index in [-0.39, 0.29) is 0 Å². The first-order valence-corrected chi connectivity index (χ1v) is 7.00. The van der Waals surface area contributed by atoms with Gasteiger partial charge in [-0.25, -0.2) is 0 Å². The van der Waals surface area contributed by atoms with Crippen LogP contribution < -0.4 is 0 Å². The van der Waals surface area contributed by atoms with Gasteiger partial charge in [0.1, 0.15) is 0 Å². The molecule has 1 heterocycles. The normalized spacial score (nSPS) is 20.9. The predicted octanol–water partition coefficient (Wildman–Crippen LogP) is 2.60. The van der Waals surface area contributed by atoms with Crippen LogP contribution in [0, 0.1) is 0 Å². The monoisotopic (exact) mass is 251 g/mol. The van der Waals surface area contributed by atoms with Crippen LogP contribution in [0.4, 0.5) is 0 Å². The van der Waals surface area contributed by atoms with E-state index in [0.717, 1.165) is 25.4 Å². The second-order valence-electron chi connectivity index (χ2n) is 4.59. The Bertz CT molecular complexity index is 317. The van der Waals surface area contributed by atoms with Crippen molar-refractivity contribution in [2.75, 3.05) is 25.4 Å². The van der Waals surface area contributed by atoms with Gasteiger partial charge >= 0.3 is 0 Å². The van der Waals surface area contributed by atoms with Gasteiger partial charge in [0.25, 0.3) is 0 Å². The number of hydrogen-bond acceptors (Lipinski definition) is 3. The van der Waals surface area contributed by atoms with Crippen LogP contribution in [-0.4, -0.2) is 36.4 Å². The van der Waals surface area contributed by atoms with E-state index in [9.17, 15) is 0 Å². The molecule has 17 heavy (non-hydrogen) atoms. The highest BCUT2D eigenvalue weighted by molar-refractivity contribution is 7.80. The van der Waals surface area contributed by atoms with Crippen molar-refractivity contribution in [1.29, 1.82) is 0 Å². The van der Waals surface area contributed by atoms with Gasteiger partial charge in [0.05, 0.1) is 12.7 Å². The molecule has 0 aromatic heterocycles. The molecule has 2 nitrogen and oxygen atoms in total. The maximum atomic E-state index is 5.94. The molecule has 0 N–H and O–H groups in total. The fourth-order valence-electron chi connectivity index (χ4n) is 2.22. The summed E-state index contributed by atoms with van der Waals surface area (Å²) >= 11 is 4.25. The maximum Gasteiger partial charge on any atom is 0.0721 e. The molecule has 94 valence electrons. The van der Waals surface area contributed by atoms with Crippen molar-refractivity contribution in [3.05, 3.63) is 35.9 Å². The van der Waals surface area contributed by atoms with Crippen LogP contribution in [0.25, 0.3) is 0 Å². The fourth-order valence-corrected chi connectivity index (χ4v) is 2.36. The molecule has 0 spiro atoms. The molecule has 1 aliphatic heterocycles. The van der Waals surface area contributed by atoms with E-state index in [1.54, 1.807) is 0 Å². The molecule has 1 aliphatic rings. The predicted molar refractivity (Wildman–Crippen MR) is 74.5 cm³/mol. The molecule has 1 atom stereocenters. The average molecular weight is 251 g/mol. The van der Waals surface area contributed by atoms with Crippen molar-refractivity contribution in [2.45, 2.75) is 25.6 Å². The zero-order valence-electron chi connectivity index (χ0n) is 10.2. The molecule has 1 unspecified atom stereocenters. The van der Waals surface area contributed by atoms with Gasteiger partial charge in [-0.05, 0) is 30.7 Å². The zero-order chi connectivity index (χ0) is 11.9. The molecule has 2 rings (SSSR count). The minimum Gasteiger partial charge on any atom is -0.372 e. The van der Waals surface area contributed by atoms with Crippen LogP contribution in [0.5, 0.6) is 0 Å². The summed E-state index contributed by atoms with van der Waals surface area (Å²) in [5.41, 5.74) is 1.27. The van der Waals surface area contributed by atoms with Crippen LogP contribution in [0.2, 0.25) is 0 Å². The highest BCUT2D eigenvalue weighted by atomic mass is 32.1. The van der Waals surface area contributed by atoms with Crippen LogP contribution >= 0.6 is 12.6 Å². The standard InChI is InChI=1S/C14H21NOS/c17-10-4-8-15-9-7-14(11-15)16-12-13-5-2-1-3-6-13/h1-3,5-6,14,17H,4,7-12H2. The average Bonchev–Trinajstić information content (AvgIpc) is 2.83. The summed E-state index contributed by atoms with van der Waals surface area (Å²) in [6.07, 6.45) is 2.75. The quantitative estimate of drug-likeness (QED) is 0.780. The molecular weight excluding hydrogens is 230 g/mol. The van der Waals surface area contributed by atoms with E-state index in [1.807, 2.05) is 6.07 Å². The fraction of sp³-hybridized carbons (Fsp3) is 0.571. The Balaban J connectivity index is 1.68. The number of likely N-dealkylation sites (tertiary alicyclic amines) is 1. The SMILES string of the molecule is SCCCN1CCC(OCc2ccccc2)C1. The zero-order valence-corrected chi connectivity index (χ0v) is 11.1. The molecule has 1 saturated heterocycles. The molecule has 1 aromatic rings. The van der Waals surface area contributed by atoms with E-state index in [1.165, 1.54) is 24.9 Å².